The molecule has 0 spiro atoms. The molecule has 4 aromatic rings. The van der Waals surface area contributed by atoms with Crippen molar-refractivity contribution in [1.29, 1.82) is 0 Å². The number of nitrogens with zero attached hydrogens (tertiary/aromatic N) is 9. The van der Waals surface area contributed by atoms with Crippen LogP contribution in [0, 0.1) is 0 Å². The van der Waals surface area contributed by atoms with Crippen LogP contribution in [0.2, 0.25) is 0 Å². The largest absolute Gasteiger partial charge is 0.504 e. The number of rotatable bonds is 11. The summed E-state index contributed by atoms with van der Waals surface area (Å²) in [6, 6.07) is 16.1. The molecule has 0 amide bonds. The van der Waals surface area contributed by atoms with Crippen LogP contribution in [-0.2, 0) is 29.8 Å². The van der Waals surface area contributed by atoms with Crippen molar-refractivity contribution in [3.8, 4) is 17.2 Å². The predicted molar refractivity (Wildman–Crippen MR) is 188 cm³/mol. The van der Waals surface area contributed by atoms with Crippen LogP contribution < -0.4 is 8.37 Å². The minimum atomic E-state index is -5.54. The van der Waals surface area contributed by atoms with E-state index < -0.39 is 121 Å². The topological polar surface area (TPSA) is 339 Å². The Kier molecular flexibility index (Phi) is 9.69. The normalized spacial score (nSPS) is 13.8. The van der Waals surface area contributed by atoms with Crippen molar-refractivity contribution in [3.63, 3.8) is 0 Å². The zero-order chi connectivity index (χ0) is 40.5. The van der Waals surface area contributed by atoms with E-state index in [1.165, 1.54) is 36.4 Å². The molecule has 0 radical (unpaired) electrons. The third-order valence-corrected chi connectivity index (χ3v) is 10.5. The lowest BCUT2D eigenvalue weighted by atomic mass is 9.91. The molecule has 0 unspecified atom stereocenters. The molecule has 0 aromatic heterocycles. The number of aromatic hydroxyl groups is 1. The van der Waals surface area contributed by atoms with Crippen molar-refractivity contribution in [2.75, 3.05) is 0 Å². The van der Waals surface area contributed by atoms with Crippen molar-refractivity contribution < 1.29 is 54.3 Å². The molecule has 2 aliphatic rings. The van der Waals surface area contributed by atoms with E-state index in [9.17, 15) is 51.4 Å². The van der Waals surface area contributed by atoms with Crippen molar-refractivity contribution in [2.45, 2.75) is 4.90 Å². The lowest BCUT2D eigenvalue weighted by Gasteiger charge is -2.22. The Balaban J connectivity index is 1.59. The molecule has 1 N–H and O–H groups in total. The van der Waals surface area contributed by atoms with Crippen LogP contribution in [-0.4, -0.2) is 50.9 Å². The Morgan fingerprint density at radius 2 is 1.14 bits per heavy atom. The highest BCUT2D eigenvalue weighted by atomic mass is 32.2. The summed E-state index contributed by atoms with van der Waals surface area (Å²) in [6.45, 7) is 0. The standard InChI is InChI=1S/C33H15N9O12S2/c34-40-37-23-22-18(28(45)30(47)24(23)38-41-35)11-6-12-21(22)55(49,50)54-32-20(14-13-19(29(32)46)26(43)15-7-2-1-3-8-15)53-56(51,52)33-17-10-5-4-9-16(17)27(44)31(48)25(33)39-42-36/h1-14,46H. The van der Waals surface area contributed by atoms with Crippen LogP contribution in [0.5, 0.6) is 17.2 Å². The number of phenols is 1. The molecular weight excluding hydrogens is 779 g/mol. The van der Waals surface area contributed by atoms with Gasteiger partial charge in [0.2, 0.25) is 28.9 Å². The number of Topliss-reactive ketones (excluding diaryl/α,β-unsaturated/α-hetero) is 4. The minimum absolute atomic E-state index is 0.0425. The quantitative estimate of drug-likeness (QED) is 0.0484. The molecule has 276 valence electrons. The lowest BCUT2D eigenvalue weighted by Crippen LogP contribution is -2.27. The first-order valence-corrected chi connectivity index (χ1v) is 17.9. The zero-order valence-corrected chi connectivity index (χ0v) is 29.0. The number of ketones is 5. The van der Waals surface area contributed by atoms with Crippen LogP contribution >= 0.6 is 0 Å². The smallest absolute Gasteiger partial charge is 0.340 e. The van der Waals surface area contributed by atoms with E-state index >= 15 is 0 Å². The molecule has 4 aromatic carbocycles. The van der Waals surface area contributed by atoms with E-state index in [1.807, 2.05) is 0 Å². The molecule has 56 heavy (non-hydrogen) atoms. The summed E-state index contributed by atoms with van der Waals surface area (Å²) >= 11 is 0. The van der Waals surface area contributed by atoms with Gasteiger partial charge in [0, 0.05) is 42.6 Å². The Labute approximate surface area is 311 Å². The Hall–Kier alpha value is -8.06. The van der Waals surface area contributed by atoms with Crippen molar-refractivity contribution in [2.24, 2.45) is 15.3 Å². The molecule has 6 rings (SSSR count). The van der Waals surface area contributed by atoms with Crippen LogP contribution in [0.4, 0.5) is 0 Å². The van der Waals surface area contributed by atoms with Crippen molar-refractivity contribution in [1.82, 2.24) is 0 Å². The van der Waals surface area contributed by atoms with Gasteiger partial charge in [-0.1, -0.05) is 82.1 Å². The molecule has 0 saturated carbocycles. The Morgan fingerprint density at radius 1 is 0.589 bits per heavy atom. The van der Waals surface area contributed by atoms with Crippen LogP contribution in [0.15, 0.2) is 117 Å². The number of benzene rings is 4. The predicted octanol–water partition coefficient (Wildman–Crippen LogP) is 5.60. The zero-order valence-electron chi connectivity index (χ0n) is 27.4. The van der Waals surface area contributed by atoms with Gasteiger partial charge < -0.3 is 13.5 Å². The number of azide groups is 3. The Morgan fingerprint density at radius 3 is 1.80 bits per heavy atom. The Bertz CT molecular complexity index is 2960. The summed E-state index contributed by atoms with van der Waals surface area (Å²) in [4.78, 5) is 70.0. The number of fused-ring (bicyclic) bond motifs is 2. The summed E-state index contributed by atoms with van der Waals surface area (Å²) in [5, 5.41) is 20.9. The van der Waals surface area contributed by atoms with Gasteiger partial charge in [0.1, 0.15) is 15.5 Å². The molecule has 0 bridgehead atoms. The van der Waals surface area contributed by atoms with Gasteiger partial charge in [0.25, 0.3) is 0 Å². The third-order valence-electron chi connectivity index (χ3n) is 7.93. The summed E-state index contributed by atoms with van der Waals surface area (Å²) in [6.07, 6.45) is 0. The molecular formula is C33H15N9O12S2. The first kappa shape index (κ1) is 37.7. The molecule has 0 heterocycles. The molecule has 23 heteroatoms. The second-order valence-electron chi connectivity index (χ2n) is 11.0. The average molecular weight is 794 g/mol. The highest BCUT2D eigenvalue weighted by molar-refractivity contribution is 7.96. The van der Waals surface area contributed by atoms with Crippen LogP contribution in [0.25, 0.3) is 41.9 Å². The second-order valence-corrected chi connectivity index (χ2v) is 14.0. The van der Waals surface area contributed by atoms with Crippen LogP contribution in [0.3, 0.4) is 0 Å². The summed E-state index contributed by atoms with van der Waals surface area (Å²) in [5.74, 6) is -10.4. The van der Waals surface area contributed by atoms with Gasteiger partial charge in [-0.3, -0.25) is 24.0 Å². The van der Waals surface area contributed by atoms with Gasteiger partial charge in [0.05, 0.1) is 17.0 Å². The minimum Gasteiger partial charge on any atom is -0.504 e. The van der Waals surface area contributed by atoms with E-state index in [0.717, 1.165) is 36.4 Å². The lowest BCUT2D eigenvalue weighted by molar-refractivity contribution is -0.112. The summed E-state index contributed by atoms with van der Waals surface area (Å²) in [5.41, 5.74) is 21.1. The van der Waals surface area contributed by atoms with E-state index in [2.05, 4.69) is 30.1 Å². The maximum atomic E-state index is 14.2. The van der Waals surface area contributed by atoms with Gasteiger partial charge in [-0.2, -0.15) is 16.8 Å². The monoisotopic (exact) mass is 793 g/mol. The van der Waals surface area contributed by atoms with E-state index in [1.54, 1.807) is 6.07 Å². The number of phenolic OH excluding ortho intramolecular Hbond substituents is 1. The summed E-state index contributed by atoms with van der Waals surface area (Å²) in [7, 11) is -11.0. The van der Waals surface area contributed by atoms with E-state index in [0.29, 0.717) is 6.07 Å². The van der Waals surface area contributed by atoms with Gasteiger partial charge in [0.15, 0.2) is 17.3 Å². The fraction of sp³-hybridized carbons (Fsp3) is 0. The maximum Gasteiger partial charge on any atom is 0.340 e. The molecule has 0 fully saturated rings. The fourth-order valence-corrected chi connectivity index (χ4v) is 8.02. The number of carbonyl (C=O) groups is 5. The molecule has 2 aliphatic carbocycles. The average Bonchev–Trinajstić information content (AvgIpc) is 3.18. The molecule has 0 aliphatic heterocycles. The van der Waals surface area contributed by atoms with Gasteiger partial charge in [-0.05, 0) is 34.8 Å². The van der Waals surface area contributed by atoms with Crippen LogP contribution in [0.1, 0.15) is 47.8 Å². The first-order chi connectivity index (χ1) is 26.7. The number of hydrogen-bond acceptors (Lipinski definition) is 15. The fourth-order valence-electron chi connectivity index (χ4n) is 5.58. The van der Waals surface area contributed by atoms with Crippen molar-refractivity contribution in [3.05, 3.63) is 161 Å². The highest BCUT2D eigenvalue weighted by Gasteiger charge is 2.41. The third kappa shape index (κ3) is 6.34. The second kappa shape index (κ2) is 14.4. The maximum absolute atomic E-state index is 14.2. The van der Waals surface area contributed by atoms with Gasteiger partial charge in [-0.25, -0.2) is 0 Å². The first-order valence-electron chi connectivity index (χ1n) is 15.1. The SMILES string of the molecule is [N-]=[N+]=NC1=C(N=[N+]=[N-])c2c(cccc2S(=O)(=O)Oc2c(OS(=O)(=O)C3=C(N=[N+]=[N-])C(=O)C(=O)c4ccccc43)ccc(C(=O)c3ccccc3)c2O)C(=O)C1=O. The van der Waals surface area contributed by atoms with Crippen molar-refractivity contribution >= 4 is 59.8 Å². The number of hydrogen-bond donors (Lipinski definition) is 1. The molecule has 21 nitrogen and oxygen atoms in total. The van der Waals surface area contributed by atoms with E-state index in [4.69, 9.17) is 19.4 Å². The van der Waals surface area contributed by atoms with E-state index in [-0.39, 0.29) is 5.56 Å². The number of allylic oxidation sites excluding steroid dienone is 2. The van der Waals surface area contributed by atoms with Gasteiger partial charge in [-0.15, -0.1) is 0 Å². The van der Waals surface area contributed by atoms with Gasteiger partial charge >= 0.3 is 20.2 Å². The molecule has 0 saturated heterocycles. The molecule has 0 atom stereocenters. The highest BCUT2D eigenvalue weighted by Crippen LogP contribution is 2.46. The summed E-state index contributed by atoms with van der Waals surface area (Å²) < 4.78 is 66.8. The number of carbonyl (C=O) groups excluding carboxylic acids is 5.